The Labute approximate surface area is 127 Å². The van der Waals surface area contributed by atoms with Gasteiger partial charge in [-0.2, -0.15) is 4.98 Å². The van der Waals surface area contributed by atoms with E-state index in [1.165, 1.54) is 0 Å². The number of hydrogen-bond acceptors (Lipinski definition) is 3. The average molecular weight is 360 g/mol. The van der Waals surface area contributed by atoms with Gasteiger partial charge in [-0.15, -0.1) is 23.2 Å². The van der Waals surface area contributed by atoms with Crippen LogP contribution in [0.5, 0.6) is 0 Å². The van der Waals surface area contributed by atoms with Gasteiger partial charge in [0, 0.05) is 0 Å². The van der Waals surface area contributed by atoms with Crippen LogP contribution in [0.1, 0.15) is 11.6 Å². The fourth-order valence-corrected chi connectivity index (χ4v) is 1.44. The normalized spacial score (nSPS) is 12.8. The third-order valence-corrected chi connectivity index (χ3v) is 4.24. The van der Waals surface area contributed by atoms with E-state index < -0.39 is 14.4 Å². The maximum Gasteiger partial charge on any atom is 0.348 e. The minimum absolute atomic E-state index is 0.0957. The Morgan fingerprint density at radius 3 is 2.00 bits per heavy atom. The average Bonchev–Trinajstić information content (AvgIpc) is 2.28. The number of alkyl halides is 6. The highest BCUT2D eigenvalue weighted by molar-refractivity contribution is 6.51. The lowest BCUT2D eigenvalue weighted by atomic mass is 10.4. The van der Waals surface area contributed by atoms with Crippen LogP contribution in [0.2, 0.25) is 0 Å². The number of halogens is 6. The Hall–Kier alpha value is 0.550. The van der Waals surface area contributed by atoms with Gasteiger partial charge in [-0.05, 0) is 0 Å². The largest absolute Gasteiger partial charge is 0.348 e. The fraction of sp³-hybridized carbons (Fsp3) is 0.571. The van der Waals surface area contributed by atoms with Gasteiger partial charge >= 0.3 is 5.69 Å². The number of aromatic amines is 1. The maximum atomic E-state index is 11.3. The minimum Gasteiger partial charge on any atom is -0.291 e. The van der Waals surface area contributed by atoms with Crippen LogP contribution in [0, 0.1) is 0 Å². The van der Waals surface area contributed by atoms with Gasteiger partial charge in [-0.25, -0.2) is 9.78 Å². The molecule has 96 valence electrons. The molecule has 0 aromatic carbocycles. The van der Waals surface area contributed by atoms with Crippen LogP contribution < -0.4 is 5.69 Å². The summed E-state index contributed by atoms with van der Waals surface area (Å²) in [5.74, 6) is -0.690. The van der Waals surface area contributed by atoms with Crippen molar-refractivity contribution in [2.75, 3.05) is 11.8 Å². The predicted octanol–water partition coefficient (Wildman–Crippen LogP) is 2.90. The smallest absolute Gasteiger partial charge is 0.291 e. The van der Waals surface area contributed by atoms with Crippen LogP contribution in [0.25, 0.3) is 0 Å². The van der Waals surface area contributed by atoms with E-state index in [-0.39, 0.29) is 23.4 Å². The van der Waals surface area contributed by atoms with Crippen molar-refractivity contribution in [3.63, 3.8) is 0 Å². The molecule has 1 aromatic heterocycles. The third kappa shape index (κ3) is 3.75. The summed E-state index contributed by atoms with van der Waals surface area (Å²) < 4.78 is -3.19. The molecule has 1 heterocycles. The van der Waals surface area contributed by atoms with E-state index in [1.54, 1.807) is 0 Å². The summed E-state index contributed by atoms with van der Waals surface area (Å²) in [6.07, 6.45) is 0. The van der Waals surface area contributed by atoms with Gasteiger partial charge in [0.2, 0.25) is 0 Å². The van der Waals surface area contributed by atoms with Crippen molar-refractivity contribution in [2.24, 2.45) is 0 Å². The van der Waals surface area contributed by atoms with Crippen LogP contribution in [-0.4, -0.2) is 26.7 Å². The topological polar surface area (TPSA) is 58.6 Å². The zero-order valence-electron chi connectivity index (χ0n) is 7.98. The summed E-state index contributed by atoms with van der Waals surface area (Å²) in [7, 11) is 0. The summed E-state index contributed by atoms with van der Waals surface area (Å²) in [6.45, 7) is 0. The highest BCUT2D eigenvalue weighted by Crippen LogP contribution is 2.35. The minimum atomic E-state index is -1.61. The molecule has 4 nitrogen and oxygen atoms in total. The zero-order chi connectivity index (χ0) is 13.3. The molecule has 0 fully saturated rings. The van der Waals surface area contributed by atoms with Crippen molar-refractivity contribution < 1.29 is 0 Å². The first-order valence-electron chi connectivity index (χ1n) is 4.10. The van der Waals surface area contributed by atoms with Gasteiger partial charge in [0.1, 0.15) is 5.82 Å². The van der Waals surface area contributed by atoms with Crippen LogP contribution >= 0.6 is 69.6 Å². The van der Waals surface area contributed by atoms with E-state index in [9.17, 15) is 4.79 Å². The van der Waals surface area contributed by atoms with Crippen molar-refractivity contribution in [3.05, 3.63) is 22.1 Å². The molecule has 0 aliphatic heterocycles. The van der Waals surface area contributed by atoms with Crippen molar-refractivity contribution in [3.8, 4) is 0 Å². The highest BCUT2D eigenvalue weighted by Gasteiger charge is 2.34. The number of nitrogens with zero attached hydrogens (tertiary/aromatic N) is 2. The fourth-order valence-electron chi connectivity index (χ4n) is 0.844. The lowest BCUT2D eigenvalue weighted by Crippen LogP contribution is -2.30. The molecule has 1 aromatic rings. The number of rotatable bonds is 4. The number of nitrogens with one attached hydrogen (secondary N) is 1. The second kappa shape index (κ2) is 5.68. The quantitative estimate of drug-likeness (QED) is 0.841. The summed E-state index contributed by atoms with van der Waals surface area (Å²) in [4.78, 5) is 20.9. The van der Waals surface area contributed by atoms with E-state index in [4.69, 9.17) is 69.6 Å². The third-order valence-electron chi connectivity index (χ3n) is 1.66. The molecule has 0 saturated heterocycles. The van der Waals surface area contributed by atoms with Crippen molar-refractivity contribution in [2.45, 2.75) is 8.67 Å². The molecule has 10 heteroatoms. The first-order chi connectivity index (χ1) is 7.73. The standard InChI is InChI=1S/C7H5Cl6N3O/c8-1-6(10,11)3-14-4(7(12,13)2-9)16-5(17)15-3/h1-2H2,(H,14,15,16,17). The van der Waals surface area contributed by atoms with Crippen LogP contribution in [0.3, 0.4) is 0 Å². The molecule has 17 heavy (non-hydrogen) atoms. The molecule has 1 N–H and O–H groups in total. The van der Waals surface area contributed by atoms with E-state index in [2.05, 4.69) is 15.0 Å². The van der Waals surface area contributed by atoms with Crippen molar-refractivity contribution in [1.82, 2.24) is 15.0 Å². The van der Waals surface area contributed by atoms with Crippen LogP contribution in [0.4, 0.5) is 0 Å². The van der Waals surface area contributed by atoms with E-state index in [1.807, 2.05) is 0 Å². The van der Waals surface area contributed by atoms with Gasteiger partial charge in [-0.3, -0.25) is 4.98 Å². The molecule has 1 rings (SSSR count). The first-order valence-corrected chi connectivity index (χ1v) is 6.68. The van der Waals surface area contributed by atoms with E-state index in [0.717, 1.165) is 0 Å². The number of hydrogen-bond donors (Lipinski definition) is 1. The van der Waals surface area contributed by atoms with Gasteiger partial charge in [0.25, 0.3) is 0 Å². The summed E-state index contributed by atoms with van der Waals surface area (Å²) in [5.41, 5.74) is -0.753. The Bertz CT molecular complexity index is 422. The molecule has 0 amide bonds. The van der Waals surface area contributed by atoms with Crippen molar-refractivity contribution >= 4 is 69.6 Å². The molecule has 0 aliphatic carbocycles. The Morgan fingerprint density at radius 1 is 1.00 bits per heavy atom. The van der Waals surface area contributed by atoms with Gasteiger partial charge in [-0.1, -0.05) is 46.4 Å². The SMILES string of the molecule is O=c1nc(C(Cl)(Cl)CCl)nc(C(Cl)(Cl)CCl)[nH]1. The molecule has 0 spiro atoms. The van der Waals surface area contributed by atoms with Crippen LogP contribution in [0.15, 0.2) is 4.79 Å². The summed E-state index contributed by atoms with van der Waals surface area (Å²) in [5, 5.41) is 0. The van der Waals surface area contributed by atoms with Gasteiger partial charge in [0.15, 0.2) is 14.5 Å². The molecule has 0 radical (unpaired) electrons. The predicted molar refractivity (Wildman–Crippen MR) is 70.9 cm³/mol. The molecule has 0 aliphatic rings. The lowest BCUT2D eigenvalue weighted by molar-refractivity contribution is 0.732. The van der Waals surface area contributed by atoms with E-state index in [0.29, 0.717) is 0 Å². The van der Waals surface area contributed by atoms with Gasteiger partial charge in [0.05, 0.1) is 11.8 Å². The summed E-state index contributed by atoms with van der Waals surface area (Å²) in [6, 6.07) is 0. The lowest BCUT2D eigenvalue weighted by Gasteiger charge is -2.18. The first kappa shape index (κ1) is 15.6. The Kier molecular flexibility index (Phi) is 5.21. The van der Waals surface area contributed by atoms with E-state index >= 15 is 0 Å². The second-order valence-corrected chi connectivity index (χ2v) is 6.50. The maximum absolute atomic E-state index is 11.3. The molecular formula is C7H5Cl6N3O. The Balaban J connectivity index is 3.35. The van der Waals surface area contributed by atoms with Gasteiger partial charge < -0.3 is 0 Å². The highest BCUT2D eigenvalue weighted by atomic mass is 35.5. The number of aromatic nitrogens is 3. The molecule has 0 unspecified atom stereocenters. The van der Waals surface area contributed by atoms with Crippen LogP contribution in [-0.2, 0) is 8.67 Å². The Morgan fingerprint density at radius 2 is 1.53 bits per heavy atom. The molecule has 0 atom stereocenters. The summed E-state index contributed by atoms with van der Waals surface area (Å²) >= 11 is 34.4. The van der Waals surface area contributed by atoms with Crippen molar-refractivity contribution in [1.29, 1.82) is 0 Å². The zero-order valence-corrected chi connectivity index (χ0v) is 12.5. The number of H-pyrrole nitrogens is 1. The molecule has 0 bridgehead atoms. The molecule has 0 saturated carbocycles. The molecular weight excluding hydrogens is 355 g/mol. The monoisotopic (exact) mass is 357 g/mol. The second-order valence-electron chi connectivity index (χ2n) is 3.00.